The van der Waals surface area contributed by atoms with Gasteiger partial charge in [0.05, 0.1) is 11.1 Å². The zero-order chi connectivity index (χ0) is 23.5. The van der Waals surface area contributed by atoms with Crippen LogP contribution >= 0.6 is 0 Å². The Kier molecular flexibility index (Phi) is 6.23. The van der Waals surface area contributed by atoms with Gasteiger partial charge in [-0.25, -0.2) is 4.39 Å². The summed E-state index contributed by atoms with van der Waals surface area (Å²) < 4.78 is 16.4. The summed E-state index contributed by atoms with van der Waals surface area (Å²) in [6.45, 7) is 1.55. The molecule has 0 radical (unpaired) electrons. The summed E-state index contributed by atoms with van der Waals surface area (Å²) in [7, 11) is 0. The van der Waals surface area contributed by atoms with E-state index in [1.807, 2.05) is 76.5 Å². The maximum Gasteiger partial charge on any atom is 0.257 e. The summed E-state index contributed by atoms with van der Waals surface area (Å²) >= 11 is 0. The molecule has 0 spiro atoms. The SMILES string of the molecule is NCc1ccc(F)c(C2CCN(C(=O)c3cn(C=Cc4ccccc4)c4cccnc34)CC2)c1. The van der Waals surface area contributed by atoms with Crippen LogP contribution in [0.15, 0.2) is 73.1 Å². The Balaban J connectivity index is 1.36. The van der Waals surface area contributed by atoms with E-state index in [4.69, 9.17) is 5.73 Å². The first-order valence-corrected chi connectivity index (χ1v) is 11.6. The Morgan fingerprint density at radius 3 is 2.65 bits per heavy atom. The van der Waals surface area contributed by atoms with Gasteiger partial charge in [-0.3, -0.25) is 9.78 Å². The molecular weight excluding hydrogens is 427 g/mol. The smallest absolute Gasteiger partial charge is 0.257 e. The minimum Gasteiger partial charge on any atom is -0.338 e. The highest BCUT2D eigenvalue weighted by Gasteiger charge is 2.28. The molecule has 0 atom stereocenters. The van der Waals surface area contributed by atoms with Crippen LogP contribution in [-0.2, 0) is 6.54 Å². The number of benzene rings is 2. The van der Waals surface area contributed by atoms with Crippen molar-refractivity contribution in [3.05, 3.63) is 101 Å². The number of carbonyl (C=O) groups excluding carboxylic acids is 1. The molecular formula is C28H27FN4O. The lowest BCUT2D eigenvalue weighted by Gasteiger charge is -2.32. The summed E-state index contributed by atoms with van der Waals surface area (Å²) in [5.74, 6) is -0.145. The lowest BCUT2D eigenvalue weighted by Crippen LogP contribution is -2.38. The minimum absolute atomic E-state index is 0.0369. The molecule has 0 bridgehead atoms. The summed E-state index contributed by atoms with van der Waals surface area (Å²) in [4.78, 5) is 19.8. The lowest BCUT2D eigenvalue weighted by atomic mass is 9.88. The quantitative estimate of drug-likeness (QED) is 0.446. The molecule has 1 aliphatic rings. The number of likely N-dealkylation sites (tertiary alicyclic amines) is 1. The molecule has 2 aromatic carbocycles. The number of hydrogen-bond donors (Lipinski definition) is 1. The number of amides is 1. The molecule has 172 valence electrons. The monoisotopic (exact) mass is 454 g/mol. The normalized spacial score (nSPS) is 14.8. The first-order valence-electron chi connectivity index (χ1n) is 11.6. The second-order valence-electron chi connectivity index (χ2n) is 8.67. The first-order chi connectivity index (χ1) is 16.6. The van der Waals surface area contributed by atoms with E-state index in [1.54, 1.807) is 12.3 Å². The van der Waals surface area contributed by atoms with E-state index in [1.165, 1.54) is 6.07 Å². The zero-order valence-corrected chi connectivity index (χ0v) is 18.9. The summed E-state index contributed by atoms with van der Waals surface area (Å²) in [6.07, 6.45) is 8.97. The van der Waals surface area contributed by atoms with E-state index in [0.29, 0.717) is 36.3 Å². The van der Waals surface area contributed by atoms with E-state index < -0.39 is 0 Å². The Bertz CT molecular complexity index is 1340. The van der Waals surface area contributed by atoms with E-state index >= 15 is 0 Å². The fraction of sp³-hybridized carbons (Fsp3) is 0.214. The molecule has 4 aromatic rings. The van der Waals surface area contributed by atoms with E-state index in [2.05, 4.69) is 4.98 Å². The van der Waals surface area contributed by atoms with Gasteiger partial charge in [-0.1, -0.05) is 42.5 Å². The molecule has 1 amide bonds. The van der Waals surface area contributed by atoms with Gasteiger partial charge in [0, 0.05) is 38.2 Å². The van der Waals surface area contributed by atoms with Crippen molar-refractivity contribution in [3.63, 3.8) is 0 Å². The first kappa shape index (κ1) is 22.0. The van der Waals surface area contributed by atoms with Crippen molar-refractivity contribution < 1.29 is 9.18 Å². The molecule has 1 aliphatic heterocycles. The fourth-order valence-electron chi connectivity index (χ4n) is 4.69. The predicted molar refractivity (Wildman–Crippen MR) is 134 cm³/mol. The van der Waals surface area contributed by atoms with Gasteiger partial charge in [-0.15, -0.1) is 0 Å². The number of piperidine rings is 1. The molecule has 5 nitrogen and oxygen atoms in total. The van der Waals surface area contributed by atoms with Crippen molar-refractivity contribution in [1.82, 2.24) is 14.5 Å². The zero-order valence-electron chi connectivity index (χ0n) is 18.9. The van der Waals surface area contributed by atoms with Crippen LogP contribution in [0.5, 0.6) is 0 Å². The highest BCUT2D eigenvalue weighted by atomic mass is 19.1. The molecule has 0 saturated carbocycles. The van der Waals surface area contributed by atoms with Crippen LogP contribution in [0.1, 0.15) is 45.8 Å². The maximum absolute atomic E-state index is 14.4. The van der Waals surface area contributed by atoms with Crippen molar-refractivity contribution in [2.75, 3.05) is 13.1 Å². The number of aromatic nitrogens is 2. The molecule has 34 heavy (non-hydrogen) atoms. The van der Waals surface area contributed by atoms with Crippen molar-refractivity contribution in [1.29, 1.82) is 0 Å². The number of fused-ring (bicyclic) bond motifs is 1. The third-order valence-electron chi connectivity index (χ3n) is 6.56. The van der Waals surface area contributed by atoms with Gasteiger partial charge in [-0.2, -0.15) is 0 Å². The minimum atomic E-state index is -0.195. The third kappa shape index (κ3) is 4.37. The Morgan fingerprint density at radius 1 is 1.09 bits per heavy atom. The van der Waals surface area contributed by atoms with Crippen LogP contribution < -0.4 is 5.73 Å². The van der Waals surface area contributed by atoms with Gasteiger partial charge in [0.15, 0.2) is 0 Å². The fourth-order valence-corrected chi connectivity index (χ4v) is 4.69. The van der Waals surface area contributed by atoms with E-state index in [0.717, 1.165) is 29.5 Å². The number of nitrogens with two attached hydrogens (primary N) is 1. The molecule has 3 heterocycles. The lowest BCUT2D eigenvalue weighted by molar-refractivity contribution is 0.0714. The molecule has 6 heteroatoms. The molecule has 2 aromatic heterocycles. The largest absolute Gasteiger partial charge is 0.338 e. The Labute approximate surface area is 198 Å². The molecule has 5 rings (SSSR count). The number of pyridine rings is 1. The molecule has 0 unspecified atom stereocenters. The van der Waals surface area contributed by atoms with Crippen LogP contribution in [0.3, 0.4) is 0 Å². The molecule has 2 N–H and O–H groups in total. The van der Waals surface area contributed by atoms with Gasteiger partial charge in [0.2, 0.25) is 0 Å². The molecule has 0 aliphatic carbocycles. The van der Waals surface area contributed by atoms with Crippen molar-refractivity contribution in [2.45, 2.75) is 25.3 Å². The van der Waals surface area contributed by atoms with Crippen LogP contribution in [-0.4, -0.2) is 33.4 Å². The summed E-state index contributed by atoms with van der Waals surface area (Å²) in [5, 5.41) is 0. The Morgan fingerprint density at radius 2 is 1.88 bits per heavy atom. The third-order valence-corrected chi connectivity index (χ3v) is 6.56. The van der Waals surface area contributed by atoms with Crippen LogP contribution in [0.2, 0.25) is 0 Å². The van der Waals surface area contributed by atoms with Crippen LogP contribution in [0.4, 0.5) is 4.39 Å². The van der Waals surface area contributed by atoms with E-state index in [9.17, 15) is 9.18 Å². The number of nitrogens with zero attached hydrogens (tertiary/aromatic N) is 3. The van der Waals surface area contributed by atoms with Gasteiger partial charge < -0.3 is 15.2 Å². The van der Waals surface area contributed by atoms with Gasteiger partial charge in [0.1, 0.15) is 11.3 Å². The van der Waals surface area contributed by atoms with Crippen LogP contribution in [0.25, 0.3) is 23.3 Å². The van der Waals surface area contributed by atoms with Gasteiger partial charge in [-0.05, 0) is 59.7 Å². The van der Waals surface area contributed by atoms with E-state index in [-0.39, 0.29) is 17.6 Å². The number of rotatable bonds is 5. The highest BCUT2D eigenvalue weighted by molar-refractivity contribution is 6.06. The summed E-state index contributed by atoms with van der Waals surface area (Å²) in [6, 6.07) is 19.0. The number of halogens is 1. The number of carbonyl (C=O) groups is 1. The topological polar surface area (TPSA) is 64.2 Å². The highest BCUT2D eigenvalue weighted by Crippen LogP contribution is 2.32. The number of hydrogen-bond acceptors (Lipinski definition) is 3. The van der Waals surface area contributed by atoms with Crippen LogP contribution in [0, 0.1) is 5.82 Å². The maximum atomic E-state index is 14.4. The predicted octanol–water partition coefficient (Wildman–Crippen LogP) is 5.28. The van der Waals surface area contributed by atoms with Crippen molar-refractivity contribution >= 4 is 29.2 Å². The molecule has 1 saturated heterocycles. The average molecular weight is 455 g/mol. The van der Waals surface area contributed by atoms with Crippen molar-refractivity contribution in [3.8, 4) is 0 Å². The average Bonchev–Trinajstić information content (AvgIpc) is 3.27. The second-order valence-corrected chi connectivity index (χ2v) is 8.67. The molecule has 1 fully saturated rings. The second kappa shape index (κ2) is 9.61. The van der Waals surface area contributed by atoms with Gasteiger partial charge in [0.25, 0.3) is 5.91 Å². The standard InChI is InChI=1S/C28H27FN4O/c29-25-9-8-21(18-30)17-23(25)22-11-15-32(16-12-22)28(34)24-19-33(26-7-4-13-31-27(24)26)14-10-20-5-2-1-3-6-20/h1-10,13-14,17,19,22H,11-12,15-16,18,30H2. The van der Waals surface area contributed by atoms with Gasteiger partial charge >= 0.3 is 0 Å². The van der Waals surface area contributed by atoms with Crippen molar-refractivity contribution in [2.24, 2.45) is 5.73 Å². The summed E-state index contributed by atoms with van der Waals surface area (Å²) in [5.41, 5.74) is 10.6. The Hall–Kier alpha value is -3.77.